The molecule has 26 heavy (non-hydrogen) atoms. The van der Waals surface area contributed by atoms with Gasteiger partial charge in [-0.2, -0.15) is 0 Å². The Morgan fingerprint density at radius 3 is 2.88 bits per heavy atom. The lowest BCUT2D eigenvalue weighted by Gasteiger charge is -2.08. The molecule has 0 atom stereocenters. The Balaban J connectivity index is 1.61. The molecule has 0 aliphatic heterocycles. The maximum Gasteiger partial charge on any atom is 0.264 e. The van der Waals surface area contributed by atoms with Crippen molar-refractivity contribution >= 4 is 48.5 Å². The standard InChI is InChI=1S/C20H21BrN2O2S/c1-3-4-5-14-7-8-16-18(11-14)26-20(22-16)23-19(24)12-25-17-9-6-13(2)10-15(17)21/h6-11H,3-5,12H2,1-2H3,(H,22,23,24). The first-order chi connectivity index (χ1) is 12.5. The van der Waals surface area contributed by atoms with Gasteiger partial charge in [-0.05, 0) is 71.1 Å². The first kappa shape index (κ1) is 18.9. The molecule has 1 N–H and O–H groups in total. The second-order valence-electron chi connectivity index (χ2n) is 6.20. The van der Waals surface area contributed by atoms with E-state index in [9.17, 15) is 4.79 Å². The summed E-state index contributed by atoms with van der Waals surface area (Å²) in [4.78, 5) is 16.6. The number of carbonyl (C=O) groups excluding carboxylic acids is 1. The summed E-state index contributed by atoms with van der Waals surface area (Å²) in [6, 6.07) is 12.0. The number of benzene rings is 2. The summed E-state index contributed by atoms with van der Waals surface area (Å²) in [6.07, 6.45) is 3.43. The number of nitrogens with one attached hydrogen (secondary N) is 1. The lowest BCUT2D eigenvalue weighted by atomic mass is 10.1. The lowest BCUT2D eigenvalue weighted by molar-refractivity contribution is -0.118. The minimum Gasteiger partial charge on any atom is -0.483 e. The summed E-state index contributed by atoms with van der Waals surface area (Å²) in [6.45, 7) is 4.14. The third-order valence-electron chi connectivity index (χ3n) is 3.96. The number of rotatable bonds is 7. The van der Waals surface area contributed by atoms with Crippen LogP contribution in [0.15, 0.2) is 40.9 Å². The van der Waals surface area contributed by atoms with Gasteiger partial charge in [0.1, 0.15) is 5.75 Å². The molecule has 6 heteroatoms. The van der Waals surface area contributed by atoms with E-state index >= 15 is 0 Å². The number of fused-ring (bicyclic) bond motifs is 1. The fourth-order valence-electron chi connectivity index (χ4n) is 2.58. The summed E-state index contributed by atoms with van der Waals surface area (Å²) >= 11 is 4.94. The van der Waals surface area contributed by atoms with Crippen LogP contribution in [0.4, 0.5) is 5.13 Å². The van der Waals surface area contributed by atoms with Gasteiger partial charge in [0, 0.05) is 0 Å². The van der Waals surface area contributed by atoms with Gasteiger partial charge in [0.2, 0.25) is 0 Å². The first-order valence-electron chi connectivity index (χ1n) is 8.63. The molecule has 0 aliphatic rings. The van der Waals surface area contributed by atoms with Crippen LogP contribution < -0.4 is 10.1 Å². The summed E-state index contributed by atoms with van der Waals surface area (Å²) in [5, 5.41) is 3.42. The van der Waals surface area contributed by atoms with Gasteiger partial charge in [0.25, 0.3) is 5.91 Å². The zero-order chi connectivity index (χ0) is 18.5. The number of hydrogen-bond donors (Lipinski definition) is 1. The molecule has 4 nitrogen and oxygen atoms in total. The van der Waals surface area contributed by atoms with Crippen LogP contribution in [0.5, 0.6) is 5.75 Å². The van der Waals surface area contributed by atoms with Crippen molar-refractivity contribution < 1.29 is 9.53 Å². The minimum atomic E-state index is -0.220. The average molecular weight is 433 g/mol. The van der Waals surface area contributed by atoms with Crippen molar-refractivity contribution in [3.05, 3.63) is 52.0 Å². The van der Waals surface area contributed by atoms with E-state index in [0.717, 1.165) is 26.7 Å². The Labute approximate surface area is 165 Å². The summed E-state index contributed by atoms with van der Waals surface area (Å²) in [5.74, 6) is 0.429. The highest BCUT2D eigenvalue weighted by molar-refractivity contribution is 9.10. The molecule has 1 heterocycles. The van der Waals surface area contributed by atoms with Gasteiger partial charge in [0.05, 0.1) is 14.7 Å². The maximum atomic E-state index is 12.2. The molecule has 1 amide bonds. The van der Waals surface area contributed by atoms with Crippen LogP contribution in [0.2, 0.25) is 0 Å². The van der Waals surface area contributed by atoms with E-state index in [-0.39, 0.29) is 12.5 Å². The predicted molar refractivity (Wildman–Crippen MR) is 111 cm³/mol. The maximum absolute atomic E-state index is 12.2. The number of aromatic nitrogens is 1. The van der Waals surface area contributed by atoms with Crippen LogP contribution in [0.25, 0.3) is 10.2 Å². The number of anilines is 1. The molecule has 0 fully saturated rings. The number of amides is 1. The van der Waals surface area contributed by atoms with E-state index in [2.05, 4.69) is 45.3 Å². The molecule has 0 saturated carbocycles. The fourth-order valence-corrected chi connectivity index (χ4v) is 4.13. The smallest absolute Gasteiger partial charge is 0.264 e. The van der Waals surface area contributed by atoms with Crippen LogP contribution in [0.3, 0.4) is 0 Å². The lowest BCUT2D eigenvalue weighted by Crippen LogP contribution is -2.20. The summed E-state index contributed by atoms with van der Waals surface area (Å²) in [7, 11) is 0. The topological polar surface area (TPSA) is 51.2 Å². The molecular formula is C20H21BrN2O2S. The van der Waals surface area contributed by atoms with Crippen molar-refractivity contribution in [1.29, 1.82) is 0 Å². The quantitative estimate of drug-likeness (QED) is 0.518. The monoisotopic (exact) mass is 432 g/mol. The van der Waals surface area contributed by atoms with Gasteiger partial charge in [0.15, 0.2) is 11.7 Å². The van der Waals surface area contributed by atoms with Crippen LogP contribution in [0, 0.1) is 6.92 Å². The number of aryl methyl sites for hydroxylation is 2. The van der Waals surface area contributed by atoms with Crippen molar-refractivity contribution in [3.8, 4) is 5.75 Å². The van der Waals surface area contributed by atoms with Crippen molar-refractivity contribution in [2.75, 3.05) is 11.9 Å². The van der Waals surface area contributed by atoms with E-state index in [1.807, 2.05) is 31.2 Å². The number of ether oxygens (including phenoxy) is 1. The number of thiazole rings is 1. The van der Waals surface area contributed by atoms with Gasteiger partial charge in [-0.25, -0.2) is 4.98 Å². The highest BCUT2D eigenvalue weighted by Gasteiger charge is 2.10. The molecule has 0 radical (unpaired) electrons. The SMILES string of the molecule is CCCCc1ccc2nc(NC(=O)COc3ccc(C)cc3Br)sc2c1. The number of hydrogen-bond acceptors (Lipinski definition) is 4. The summed E-state index contributed by atoms with van der Waals surface area (Å²) < 4.78 is 7.51. The molecule has 1 aromatic heterocycles. The van der Waals surface area contributed by atoms with Crippen molar-refractivity contribution in [2.45, 2.75) is 33.1 Å². The number of unbranched alkanes of at least 4 members (excludes halogenated alkanes) is 1. The molecule has 3 aromatic rings. The minimum absolute atomic E-state index is 0.0562. The summed E-state index contributed by atoms with van der Waals surface area (Å²) in [5.41, 5.74) is 3.35. The molecule has 0 bridgehead atoms. The van der Waals surface area contributed by atoms with E-state index in [4.69, 9.17) is 4.74 Å². The van der Waals surface area contributed by atoms with Crippen molar-refractivity contribution in [1.82, 2.24) is 4.98 Å². The molecule has 2 aromatic carbocycles. The Bertz CT molecular complexity index is 923. The van der Waals surface area contributed by atoms with Gasteiger partial charge >= 0.3 is 0 Å². The molecule has 0 spiro atoms. The van der Waals surface area contributed by atoms with Crippen LogP contribution in [-0.2, 0) is 11.2 Å². The van der Waals surface area contributed by atoms with Crippen LogP contribution >= 0.6 is 27.3 Å². The van der Waals surface area contributed by atoms with Crippen LogP contribution in [0.1, 0.15) is 30.9 Å². The highest BCUT2D eigenvalue weighted by Crippen LogP contribution is 2.28. The Hall–Kier alpha value is -1.92. The zero-order valence-corrected chi connectivity index (χ0v) is 17.2. The number of halogens is 1. The van der Waals surface area contributed by atoms with Crippen LogP contribution in [-0.4, -0.2) is 17.5 Å². The van der Waals surface area contributed by atoms with E-state index in [1.54, 1.807) is 0 Å². The molecular weight excluding hydrogens is 412 g/mol. The van der Waals surface area contributed by atoms with E-state index < -0.39 is 0 Å². The second kappa shape index (κ2) is 8.64. The highest BCUT2D eigenvalue weighted by atomic mass is 79.9. The second-order valence-corrected chi connectivity index (χ2v) is 8.08. The Morgan fingerprint density at radius 1 is 1.27 bits per heavy atom. The third-order valence-corrected chi connectivity index (χ3v) is 5.52. The Kier molecular flexibility index (Phi) is 6.27. The van der Waals surface area contributed by atoms with Gasteiger partial charge in [-0.15, -0.1) is 0 Å². The van der Waals surface area contributed by atoms with E-state index in [0.29, 0.717) is 10.9 Å². The van der Waals surface area contributed by atoms with Gasteiger partial charge in [-0.3, -0.25) is 10.1 Å². The molecule has 0 aliphatic carbocycles. The molecule has 0 saturated heterocycles. The largest absolute Gasteiger partial charge is 0.483 e. The molecule has 3 rings (SSSR count). The van der Waals surface area contributed by atoms with Crippen molar-refractivity contribution in [3.63, 3.8) is 0 Å². The fraction of sp³-hybridized carbons (Fsp3) is 0.300. The van der Waals surface area contributed by atoms with Gasteiger partial charge < -0.3 is 4.74 Å². The normalized spacial score (nSPS) is 10.9. The number of nitrogens with zero attached hydrogens (tertiary/aromatic N) is 1. The predicted octanol–water partition coefficient (Wildman–Crippen LogP) is 5.73. The zero-order valence-electron chi connectivity index (χ0n) is 14.8. The van der Waals surface area contributed by atoms with E-state index in [1.165, 1.54) is 29.7 Å². The molecule has 0 unspecified atom stereocenters. The number of carbonyl (C=O) groups is 1. The third kappa shape index (κ3) is 4.83. The van der Waals surface area contributed by atoms with Gasteiger partial charge in [-0.1, -0.05) is 36.8 Å². The molecule has 136 valence electrons. The first-order valence-corrected chi connectivity index (χ1v) is 10.2. The Morgan fingerprint density at radius 2 is 2.12 bits per heavy atom. The average Bonchev–Trinajstić information content (AvgIpc) is 3.00. The van der Waals surface area contributed by atoms with Crippen molar-refractivity contribution in [2.24, 2.45) is 0 Å².